The molecule has 1 aromatic heterocycles. The molecule has 6 rings (SSSR count). The lowest BCUT2D eigenvalue weighted by Crippen LogP contribution is -2.32. The number of ether oxygens (including phenoxy) is 2. The van der Waals surface area contributed by atoms with Gasteiger partial charge in [0.25, 0.3) is 0 Å². The van der Waals surface area contributed by atoms with E-state index in [1.54, 1.807) is 19.2 Å². The van der Waals surface area contributed by atoms with E-state index in [9.17, 15) is 14.4 Å². The minimum atomic E-state index is -0.661. The van der Waals surface area contributed by atoms with E-state index in [-0.39, 0.29) is 16.7 Å². The molecule has 0 unspecified atom stereocenters. The Morgan fingerprint density at radius 1 is 0.923 bits per heavy atom. The fourth-order valence-electron chi connectivity index (χ4n) is 5.25. The maximum atomic E-state index is 13.9. The molecule has 3 heterocycles. The summed E-state index contributed by atoms with van der Waals surface area (Å²) >= 11 is 2.35. The number of hydrogen-bond acceptors (Lipinski definition) is 7. The Labute approximate surface area is 233 Å². The minimum Gasteiger partial charge on any atom is -0.493 e. The first kappa shape index (κ1) is 25.5. The Morgan fingerprint density at radius 2 is 1.69 bits per heavy atom. The van der Waals surface area contributed by atoms with Gasteiger partial charge in [-0.05, 0) is 54.8 Å². The molecule has 0 radical (unpaired) electrons. The molecule has 9 heteroatoms. The number of aryl methyl sites for hydroxylation is 2. The van der Waals surface area contributed by atoms with Gasteiger partial charge in [0.2, 0.25) is 11.8 Å². The Bertz CT molecular complexity index is 1640. The third-order valence-electron chi connectivity index (χ3n) is 7.31. The lowest BCUT2D eigenvalue weighted by molar-refractivity contribution is -0.122. The van der Waals surface area contributed by atoms with Gasteiger partial charge in [0.15, 0.2) is 11.5 Å². The van der Waals surface area contributed by atoms with Crippen LogP contribution in [0.1, 0.15) is 33.0 Å². The smallest absolute Gasteiger partial charge is 0.305 e. The van der Waals surface area contributed by atoms with Gasteiger partial charge in [-0.2, -0.15) is 0 Å². The van der Waals surface area contributed by atoms with Gasteiger partial charge >= 0.3 is 4.87 Å². The second-order valence-electron chi connectivity index (χ2n) is 9.72. The molecule has 39 heavy (non-hydrogen) atoms. The number of carbonyl (C=O) groups is 2. The summed E-state index contributed by atoms with van der Waals surface area (Å²) in [7, 11) is 1.57. The Morgan fingerprint density at radius 3 is 2.44 bits per heavy atom. The number of aromatic amines is 1. The van der Waals surface area contributed by atoms with Gasteiger partial charge in [0.05, 0.1) is 23.7 Å². The van der Waals surface area contributed by atoms with Crippen molar-refractivity contribution >= 4 is 40.6 Å². The maximum absolute atomic E-state index is 13.9. The molecule has 2 amide bonds. The van der Waals surface area contributed by atoms with Crippen molar-refractivity contribution in [2.24, 2.45) is 5.92 Å². The fraction of sp³-hybridized carbons (Fsp3) is 0.233. The van der Waals surface area contributed by atoms with Gasteiger partial charge < -0.3 is 14.5 Å². The van der Waals surface area contributed by atoms with Crippen LogP contribution in [0, 0.1) is 19.8 Å². The minimum absolute atomic E-state index is 0.210. The topological polar surface area (TPSA) is 88.7 Å². The molecule has 4 aromatic rings. The first-order valence-electron chi connectivity index (χ1n) is 12.5. The van der Waals surface area contributed by atoms with Crippen LogP contribution in [0.25, 0.3) is 0 Å². The van der Waals surface area contributed by atoms with E-state index in [2.05, 4.69) is 4.98 Å². The van der Waals surface area contributed by atoms with E-state index in [1.807, 2.05) is 68.4 Å². The Kier molecular flexibility index (Phi) is 6.56. The molecule has 0 saturated carbocycles. The van der Waals surface area contributed by atoms with Crippen LogP contribution in [-0.4, -0.2) is 29.2 Å². The molecule has 7 nitrogen and oxygen atoms in total. The summed E-state index contributed by atoms with van der Waals surface area (Å²) in [5.74, 6) is -0.590. The van der Waals surface area contributed by atoms with Gasteiger partial charge in [-0.15, -0.1) is 0 Å². The molecule has 2 aliphatic rings. The summed E-state index contributed by atoms with van der Waals surface area (Å²) in [6, 6.07) is 21.0. The number of rotatable bonds is 6. The number of hydrogen-bond donors (Lipinski definition) is 1. The van der Waals surface area contributed by atoms with Crippen molar-refractivity contribution in [2.45, 2.75) is 36.6 Å². The summed E-state index contributed by atoms with van der Waals surface area (Å²) in [6.45, 7) is 4.38. The third-order valence-corrected chi connectivity index (χ3v) is 9.71. The number of imide groups is 1. The van der Waals surface area contributed by atoms with Gasteiger partial charge in [0, 0.05) is 10.8 Å². The number of benzene rings is 3. The van der Waals surface area contributed by atoms with Crippen LogP contribution < -0.4 is 19.2 Å². The van der Waals surface area contributed by atoms with E-state index >= 15 is 0 Å². The molecule has 1 saturated heterocycles. The number of anilines is 1. The molecule has 0 spiro atoms. The van der Waals surface area contributed by atoms with Crippen LogP contribution in [0.4, 0.5) is 5.69 Å². The number of carbonyl (C=O) groups excluding carboxylic acids is 2. The highest BCUT2D eigenvalue weighted by molar-refractivity contribution is 8.00. The number of aromatic nitrogens is 1. The van der Waals surface area contributed by atoms with E-state index in [0.29, 0.717) is 28.8 Å². The van der Waals surface area contributed by atoms with Crippen LogP contribution in [0.2, 0.25) is 0 Å². The summed E-state index contributed by atoms with van der Waals surface area (Å²) in [6.07, 6.45) is 0. The van der Waals surface area contributed by atoms with Crippen LogP contribution in [0.15, 0.2) is 76.6 Å². The molecular formula is C30H26N2O5S2. The first-order valence-corrected chi connectivity index (χ1v) is 14.2. The molecule has 0 aliphatic carbocycles. The van der Waals surface area contributed by atoms with Crippen LogP contribution >= 0.6 is 23.1 Å². The molecule has 0 bridgehead atoms. The largest absolute Gasteiger partial charge is 0.493 e. The quantitative estimate of drug-likeness (QED) is 0.317. The summed E-state index contributed by atoms with van der Waals surface area (Å²) in [5, 5.41) is -0.00784. The molecular weight excluding hydrogens is 532 g/mol. The zero-order valence-corrected chi connectivity index (χ0v) is 23.2. The monoisotopic (exact) mass is 558 g/mol. The van der Waals surface area contributed by atoms with Crippen molar-refractivity contribution < 1.29 is 19.1 Å². The molecule has 3 atom stereocenters. The number of amides is 2. The normalized spacial score (nSPS) is 20.1. The van der Waals surface area contributed by atoms with E-state index in [1.165, 1.54) is 16.7 Å². The summed E-state index contributed by atoms with van der Waals surface area (Å²) in [5.41, 5.74) is 4.59. The average molecular weight is 559 g/mol. The van der Waals surface area contributed by atoms with Crippen LogP contribution in [0.3, 0.4) is 0 Å². The predicted molar refractivity (Wildman–Crippen MR) is 152 cm³/mol. The lowest BCUT2D eigenvalue weighted by atomic mass is 9.83. The SMILES string of the molecule is COc1cc([C@@H]2c3sc(=O)[nH]c3S[C@H]3C(=O)N(c4ccc(C)cc4)C(=O)[C@@H]23)ccc1OCc1ccccc1C. The highest BCUT2D eigenvalue weighted by Gasteiger charge is 2.56. The van der Waals surface area contributed by atoms with Crippen molar-refractivity contribution in [1.29, 1.82) is 0 Å². The van der Waals surface area contributed by atoms with E-state index in [4.69, 9.17) is 9.47 Å². The zero-order valence-electron chi connectivity index (χ0n) is 21.6. The van der Waals surface area contributed by atoms with Crippen LogP contribution in [0.5, 0.6) is 11.5 Å². The highest BCUT2D eigenvalue weighted by atomic mass is 32.2. The van der Waals surface area contributed by atoms with Crippen molar-refractivity contribution in [1.82, 2.24) is 4.98 Å². The van der Waals surface area contributed by atoms with Crippen molar-refractivity contribution in [3.8, 4) is 11.5 Å². The summed E-state index contributed by atoms with van der Waals surface area (Å²) in [4.78, 5) is 44.6. The number of methoxy groups -OCH3 is 1. The maximum Gasteiger partial charge on any atom is 0.305 e. The van der Waals surface area contributed by atoms with E-state index < -0.39 is 17.1 Å². The van der Waals surface area contributed by atoms with Gasteiger partial charge in [-0.1, -0.05) is 71.1 Å². The molecule has 1 N–H and O–H groups in total. The summed E-state index contributed by atoms with van der Waals surface area (Å²) < 4.78 is 11.8. The van der Waals surface area contributed by atoms with E-state index in [0.717, 1.165) is 38.5 Å². The van der Waals surface area contributed by atoms with Gasteiger partial charge in [0.1, 0.15) is 11.9 Å². The number of nitrogens with zero attached hydrogens (tertiary/aromatic N) is 1. The molecule has 1 fully saturated rings. The highest BCUT2D eigenvalue weighted by Crippen LogP contribution is 2.53. The lowest BCUT2D eigenvalue weighted by Gasteiger charge is -2.30. The number of nitrogens with one attached hydrogen (secondary N) is 1. The fourth-order valence-corrected chi connectivity index (χ4v) is 7.76. The van der Waals surface area contributed by atoms with Crippen LogP contribution in [-0.2, 0) is 16.2 Å². The van der Waals surface area contributed by atoms with Crippen molar-refractivity contribution in [2.75, 3.05) is 12.0 Å². The first-order chi connectivity index (χ1) is 18.9. The second-order valence-corrected chi connectivity index (χ2v) is 11.9. The molecule has 3 aromatic carbocycles. The third kappa shape index (κ3) is 4.45. The van der Waals surface area contributed by atoms with Gasteiger partial charge in [-0.3, -0.25) is 14.4 Å². The Hall–Kier alpha value is -3.82. The Balaban J connectivity index is 1.38. The number of thiazole rings is 1. The van der Waals surface area contributed by atoms with Gasteiger partial charge in [-0.25, -0.2) is 4.90 Å². The molecule has 2 aliphatic heterocycles. The second kappa shape index (κ2) is 10.1. The predicted octanol–water partition coefficient (Wildman–Crippen LogP) is 5.44. The van der Waals surface area contributed by atoms with Crippen molar-refractivity contribution in [3.05, 3.63) is 104 Å². The average Bonchev–Trinajstić information content (AvgIpc) is 3.43. The van der Waals surface area contributed by atoms with Crippen molar-refractivity contribution in [3.63, 3.8) is 0 Å². The number of fused-ring (bicyclic) bond motifs is 2. The molecule has 198 valence electrons. The zero-order chi connectivity index (χ0) is 27.3. The number of thioether (sulfide) groups is 1. The number of H-pyrrole nitrogens is 1. The standard InChI is InChI=1S/C30H26N2O5S2/c1-16-8-11-20(12-9-16)32-28(33)24-23(25-27(31-30(35)39-25)38-26(24)29(32)34)18-10-13-21(22(14-18)36-3)37-15-19-7-5-4-6-17(19)2/h4-14,23-24,26H,15H2,1-3H3,(H,31,35)/t23-,24-,26+/m0/s1.